The molecule has 1 fully saturated rings. The molecule has 304 valence electrons. The third-order valence-corrected chi connectivity index (χ3v) is 12.5. The number of allylic oxidation sites excluding steroid dienone is 1. The van der Waals surface area contributed by atoms with Crippen molar-refractivity contribution in [2.45, 2.75) is 147 Å². The van der Waals surface area contributed by atoms with E-state index in [0.29, 0.717) is 31.9 Å². The zero-order chi connectivity index (χ0) is 38.6. The highest BCUT2D eigenvalue weighted by molar-refractivity contribution is 8.00. The number of ether oxygens (including phenoxy) is 3. The first-order valence-corrected chi connectivity index (χ1v) is 22.3. The van der Waals surface area contributed by atoms with Gasteiger partial charge in [-0.15, -0.1) is 6.58 Å². The predicted octanol–water partition coefficient (Wildman–Crippen LogP) is 10.1. The highest BCUT2D eigenvalue weighted by Gasteiger charge is 2.63. The van der Waals surface area contributed by atoms with Gasteiger partial charge in [0.05, 0.1) is 23.5 Å². The average Bonchev–Trinajstić information content (AvgIpc) is 3.17. The highest BCUT2D eigenvalue weighted by Crippen LogP contribution is 2.62. The second kappa shape index (κ2) is 24.2. The second-order valence-corrected chi connectivity index (χ2v) is 16.6. The van der Waals surface area contributed by atoms with Gasteiger partial charge in [0.1, 0.15) is 18.1 Å². The fourth-order valence-electron chi connectivity index (χ4n) is 8.83. The Morgan fingerprint density at radius 1 is 0.981 bits per heavy atom. The summed E-state index contributed by atoms with van der Waals surface area (Å²) >= 11 is 1.82. The van der Waals surface area contributed by atoms with E-state index in [4.69, 9.17) is 24.2 Å². The van der Waals surface area contributed by atoms with Gasteiger partial charge in [-0.25, -0.2) is 4.79 Å². The molecule has 1 aromatic rings. The van der Waals surface area contributed by atoms with Crippen LogP contribution in [0.15, 0.2) is 47.7 Å². The van der Waals surface area contributed by atoms with Crippen LogP contribution in [0, 0.1) is 17.8 Å². The maximum atomic E-state index is 13.1. The predicted molar refractivity (Wildman–Crippen MR) is 221 cm³/mol. The lowest BCUT2D eigenvalue weighted by molar-refractivity contribution is -0.223. The number of unbranched alkanes of at least 4 members (excludes halogenated alkanes) is 11. The van der Waals surface area contributed by atoms with Crippen LogP contribution in [-0.4, -0.2) is 71.8 Å². The van der Waals surface area contributed by atoms with Crippen LogP contribution in [0.3, 0.4) is 0 Å². The van der Waals surface area contributed by atoms with E-state index in [-0.39, 0.29) is 42.1 Å². The highest BCUT2D eigenvalue weighted by atomic mass is 32.2. The summed E-state index contributed by atoms with van der Waals surface area (Å²) in [5, 5.41) is 27.2. The normalized spacial score (nSPS) is 24.9. The van der Waals surface area contributed by atoms with Crippen molar-refractivity contribution in [1.29, 1.82) is 0 Å². The number of rotatable bonds is 27. The molecule has 1 amide bonds. The molecule has 0 spiro atoms. The van der Waals surface area contributed by atoms with E-state index in [1.807, 2.05) is 36.9 Å². The molecule has 1 aromatic carbocycles. The van der Waals surface area contributed by atoms with E-state index in [1.54, 1.807) is 6.08 Å². The zero-order valence-electron chi connectivity index (χ0n) is 33.5. The van der Waals surface area contributed by atoms with Gasteiger partial charge in [0.15, 0.2) is 0 Å². The van der Waals surface area contributed by atoms with Crippen LogP contribution < -0.4 is 14.8 Å². The van der Waals surface area contributed by atoms with Gasteiger partial charge in [0, 0.05) is 37.7 Å². The molecule has 1 saturated carbocycles. The Balaban J connectivity index is 1.62. The quantitative estimate of drug-likeness (QED) is 0.0460. The molecule has 4 rings (SSSR count). The fourth-order valence-corrected chi connectivity index (χ4v) is 10.0. The molecule has 6 unspecified atom stereocenters. The Morgan fingerprint density at radius 3 is 2.35 bits per heavy atom. The van der Waals surface area contributed by atoms with Crippen LogP contribution in [0.2, 0.25) is 0 Å². The molecule has 1 heterocycles. The Labute approximate surface area is 330 Å². The first-order valence-electron chi connectivity index (χ1n) is 21.2. The van der Waals surface area contributed by atoms with Gasteiger partial charge in [-0.05, 0) is 80.4 Å². The smallest absolute Gasteiger partial charge is 0.412 e. The molecule has 54 heavy (non-hydrogen) atoms. The minimum absolute atomic E-state index is 0.0401. The summed E-state index contributed by atoms with van der Waals surface area (Å²) in [4.78, 5) is 18.8. The van der Waals surface area contributed by atoms with E-state index < -0.39 is 11.9 Å². The number of hydrogen-bond acceptors (Lipinski definition) is 9. The molecule has 0 saturated heterocycles. The second-order valence-electron chi connectivity index (χ2n) is 15.1. The van der Waals surface area contributed by atoms with Crippen molar-refractivity contribution in [1.82, 2.24) is 5.32 Å². The van der Waals surface area contributed by atoms with Gasteiger partial charge < -0.3 is 34.6 Å². The van der Waals surface area contributed by atoms with Crippen LogP contribution >= 0.6 is 11.8 Å². The van der Waals surface area contributed by atoms with E-state index >= 15 is 0 Å². The largest absolute Gasteiger partial charge is 0.460 e. The lowest BCUT2D eigenvalue weighted by Gasteiger charge is -2.58. The summed E-state index contributed by atoms with van der Waals surface area (Å²) in [6, 6.07) is 5.77. The number of nitrogens with zero attached hydrogens (tertiary/aromatic N) is 1. The summed E-state index contributed by atoms with van der Waals surface area (Å²) in [7, 11) is 0. The lowest BCUT2D eigenvalue weighted by Crippen LogP contribution is -2.64. The molecule has 1 aliphatic heterocycles. The number of amides is 1. The molecule has 9 nitrogen and oxygen atoms in total. The summed E-state index contributed by atoms with van der Waals surface area (Å²) in [6.07, 6.45) is 21.9. The van der Waals surface area contributed by atoms with Crippen molar-refractivity contribution >= 4 is 23.6 Å². The summed E-state index contributed by atoms with van der Waals surface area (Å²) < 4.78 is 19.9. The summed E-state index contributed by atoms with van der Waals surface area (Å²) in [5.41, 5.74) is 3.04. The number of hydrogen-bond donors (Lipinski definition) is 3. The molecule has 0 bridgehead atoms. The molecule has 3 aliphatic rings. The number of benzene rings is 1. The molecule has 0 aromatic heterocycles. The van der Waals surface area contributed by atoms with Crippen molar-refractivity contribution in [3.8, 4) is 11.5 Å². The number of thioether (sulfide) groups is 1. The molecule has 3 N–H and O–H groups in total. The first-order chi connectivity index (χ1) is 26.5. The molecular weight excluding hydrogens is 701 g/mol. The van der Waals surface area contributed by atoms with Crippen LogP contribution in [-0.2, 0) is 9.57 Å². The van der Waals surface area contributed by atoms with Crippen LogP contribution in [0.5, 0.6) is 11.5 Å². The Kier molecular flexibility index (Phi) is 19.8. The maximum Gasteiger partial charge on any atom is 0.412 e. The third kappa shape index (κ3) is 12.0. The molecule has 10 heteroatoms. The van der Waals surface area contributed by atoms with Gasteiger partial charge in [-0.3, -0.25) is 0 Å². The van der Waals surface area contributed by atoms with Gasteiger partial charge in [-0.1, -0.05) is 102 Å². The Morgan fingerprint density at radius 2 is 1.69 bits per heavy atom. The number of carbonyl (C=O) groups is 1. The summed E-state index contributed by atoms with van der Waals surface area (Å²) in [6.45, 7) is 12.1. The maximum absolute atomic E-state index is 13.1. The molecule has 2 aliphatic carbocycles. The lowest BCUT2D eigenvalue weighted by atomic mass is 9.56. The molecule has 0 radical (unpaired) electrons. The van der Waals surface area contributed by atoms with Crippen molar-refractivity contribution in [2.24, 2.45) is 22.9 Å². The zero-order valence-corrected chi connectivity index (χ0v) is 34.4. The number of fused-ring (bicyclic) bond motifs is 2. The Hall–Kier alpha value is -2.53. The van der Waals surface area contributed by atoms with Crippen molar-refractivity contribution in [2.75, 3.05) is 38.7 Å². The number of nitrogens with one attached hydrogen (secondary N) is 1. The first kappa shape index (κ1) is 44.2. The van der Waals surface area contributed by atoms with E-state index in [9.17, 15) is 15.0 Å². The number of carbonyl (C=O) groups excluding carboxylic acids is 1. The number of aliphatic hydroxyl groups excluding tert-OH is 2. The monoisotopic (exact) mass is 770 g/mol. The fraction of sp³-hybridized carbons (Fsp3) is 0.727. The SMILES string of the molecule is C=CCOC12Oc3ccc(OC(=O)NCCCCCCCCCCCC)cc3C3C(CCCCO)C(CCCCO)C=C(C(=NOCC)CC1SCC)C32. The molecule has 6 atom stereocenters. The van der Waals surface area contributed by atoms with Gasteiger partial charge in [0.25, 0.3) is 0 Å². The van der Waals surface area contributed by atoms with Crippen molar-refractivity contribution in [3.05, 3.63) is 48.1 Å². The van der Waals surface area contributed by atoms with Crippen LogP contribution in [0.4, 0.5) is 4.79 Å². The van der Waals surface area contributed by atoms with Gasteiger partial charge in [-0.2, -0.15) is 11.8 Å². The van der Waals surface area contributed by atoms with Crippen molar-refractivity contribution < 1.29 is 34.1 Å². The minimum Gasteiger partial charge on any atom is -0.460 e. The van der Waals surface area contributed by atoms with Gasteiger partial charge >= 0.3 is 6.09 Å². The van der Waals surface area contributed by atoms with Crippen LogP contribution in [0.1, 0.15) is 141 Å². The summed E-state index contributed by atoms with van der Waals surface area (Å²) in [5.74, 6) is 1.28. The van der Waals surface area contributed by atoms with Crippen LogP contribution in [0.25, 0.3) is 0 Å². The van der Waals surface area contributed by atoms with E-state index in [1.165, 1.54) is 51.4 Å². The minimum atomic E-state index is -0.982. The molecular formula is C44H70N2O7S. The number of aliphatic hydroxyl groups is 2. The number of oxime groups is 1. The van der Waals surface area contributed by atoms with E-state index in [0.717, 1.165) is 79.7 Å². The van der Waals surface area contributed by atoms with Crippen molar-refractivity contribution in [3.63, 3.8) is 0 Å². The average molecular weight is 771 g/mol. The third-order valence-electron chi connectivity index (χ3n) is 11.3. The standard InChI is InChI=1S/C44H70N2O7S/c1-5-9-10-11-12-13-14-15-16-19-26-45-43(49)52-34-24-25-39-37(31-34)41-35(23-18-21-28-48)33(22-17-20-27-47)30-36-38(46-51-7-3)32-40(54-8-4)44(53-39,42(36)41)50-29-6-2/h6,24-25,30-31,33,35,40-42,47-48H,2,5,7-23,26-29,32H2,1,3-4H3,(H,45,49). The van der Waals surface area contributed by atoms with Gasteiger partial charge in [0.2, 0.25) is 5.79 Å². The van der Waals surface area contributed by atoms with E-state index in [2.05, 4.69) is 31.8 Å². The topological polar surface area (TPSA) is 119 Å². The Bertz CT molecular complexity index is 1340.